The lowest BCUT2D eigenvalue weighted by Crippen LogP contribution is -2.53. The number of carbonyl (C=O) groups is 2. The summed E-state index contributed by atoms with van der Waals surface area (Å²) in [5.74, 6) is -0.412. The van der Waals surface area contributed by atoms with E-state index in [1.54, 1.807) is 55.5 Å². The molecule has 1 aliphatic rings. The van der Waals surface area contributed by atoms with Crippen LogP contribution in [0.15, 0.2) is 54.1 Å². The van der Waals surface area contributed by atoms with Gasteiger partial charge in [-0.15, -0.1) is 0 Å². The van der Waals surface area contributed by atoms with Crippen LogP contribution in [0.5, 0.6) is 5.75 Å². The van der Waals surface area contributed by atoms with Gasteiger partial charge in [-0.1, -0.05) is 41.9 Å². The third-order valence-electron chi connectivity index (χ3n) is 4.18. The maximum Gasteiger partial charge on any atom is 0.251 e. The molecule has 3 rings (SSSR count). The van der Waals surface area contributed by atoms with Crippen molar-refractivity contribution in [2.24, 2.45) is 5.73 Å². The molecular formula is C19H17ClN2O3. The molecule has 0 unspecified atom stereocenters. The number of amides is 2. The Balaban J connectivity index is 1.89. The number of nitrogens with two attached hydrogens (primary N) is 1. The molecule has 1 heterocycles. The summed E-state index contributed by atoms with van der Waals surface area (Å²) >= 11 is 5.99. The normalized spacial score (nSPS) is 15.2. The van der Waals surface area contributed by atoms with E-state index in [0.717, 1.165) is 0 Å². The molecule has 128 valence electrons. The van der Waals surface area contributed by atoms with Crippen LogP contribution in [0.2, 0.25) is 5.02 Å². The number of hydrogen-bond donors (Lipinski definition) is 2. The van der Waals surface area contributed by atoms with Crippen LogP contribution < -0.4 is 15.8 Å². The average Bonchev–Trinajstić information content (AvgIpc) is 2.61. The third kappa shape index (κ3) is 3.37. The molecule has 5 nitrogen and oxygen atoms in total. The van der Waals surface area contributed by atoms with Crippen molar-refractivity contribution in [2.75, 3.05) is 6.61 Å². The van der Waals surface area contributed by atoms with Crippen LogP contribution in [-0.2, 0) is 15.1 Å². The highest BCUT2D eigenvalue weighted by Crippen LogP contribution is 2.29. The molecule has 0 saturated carbocycles. The zero-order valence-corrected chi connectivity index (χ0v) is 14.3. The molecule has 0 aliphatic carbocycles. The molecule has 0 bridgehead atoms. The van der Waals surface area contributed by atoms with Gasteiger partial charge < -0.3 is 15.8 Å². The monoisotopic (exact) mass is 356 g/mol. The molecule has 1 atom stereocenters. The van der Waals surface area contributed by atoms with Gasteiger partial charge in [-0.3, -0.25) is 9.59 Å². The number of ether oxygens (including phenoxy) is 1. The minimum atomic E-state index is -1.33. The summed E-state index contributed by atoms with van der Waals surface area (Å²) in [5, 5.41) is 3.28. The first kappa shape index (κ1) is 17.0. The predicted octanol–water partition coefficient (Wildman–Crippen LogP) is 2.63. The van der Waals surface area contributed by atoms with E-state index in [1.165, 1.54) is 0 Å². The van der Waals surface area contributed by atoms with E-state index in [0.29, 0.717) is 27.5 Å². The number of fused-ring (bicyclic) bond motifs is 1. The number of primary amides is 1. The van der Waals surface area contributed by atoms with E-state index < -0.39 is 17.4 Å². The minimum Gasteiger partial charge on any atom is -0.488 e. The summed E-state index contributed by atoms with van der Waals surface area (Å²) < 4.78 is 5.59. The second-order valence-electron chi connectivity index (χ2n) is 5.95. The van der Waals surface area contributed by atoms with Crippen molar-refractivity contribution in [3.05, 3.63) is 70.3 Å². The summed E-state index contributed by atoms with van der Waals surface area (Å²) in [4.78, 5) is 24.7. The fourth-order valence-corrected chi connectivity index (χ4v) is 2.81. The van der Waals surface area contributed by atoms with Crippen LogP contribution in [0.25, 0.3) is 6.08 Å². The smallest absolute Gasteiger partial charge is 0.251 e. The number of benzene rings is 2. The Labute approximate surface area is 150 Å². The van der Waals surface area contributed by atoms with Crippen molar-refractivity contribution in [1.82, 2.24) is 5.32 Å². The van der Waals surface area contributed by atoms with Gasteiger partial charge in [0.25, 0.3) is 5.91 Å². The Kier molecular flexibility index (Phi) is 4.51. The van der Waals surface area contributed by atoms with Crippen molar-refractivity contribution < 1.29 is 14.3 Å². The molecule has 0 radical (unpaired) electrons. The lowest BCUT2D eigenvalue weighted by molar-refractivity contribution is -0.129. The van der Waals surface area contributed by atoms with Gasteiger partial charge in [-0.05, 0) is 36.8 Å². The zero-order chi connectivity index (χ0) is 18.0. The van der Waals surface area contributed by atoms with Gasteiger partial charge in [0.05, 0.1) is 5.57 Å². The standard InChI is InChI=1S/C19H17ClN2O3/c1-19(18(21)24,14-5-3-2-4-6-14)22-17(23)13-9-12-10-15(20)7-8-16(12)25-11-13/h2-10H,11H2,1H3,(H2,21,24)(H,22,23)/t19-/m1/s1. The number of rotatable bonds is 4. The van der Waals surface area contributed by atoms with Crippen LogP contribution in [0.4, 0.5) is 0 Å². The number of halogens is 1. The first-order valence-corrected chi connectivity index (χ1v) is 8.09. The summed E-state index contributed by atoms with van der Waals surface area (Å²) in [5.41, 5.74) is 5.94. The lowest BCUT2D eigenvalue weighted by atomic mass is 9.90. The molecule has 3 N–H and O–H groups in total. The summed E-state index contributed by atoms with van der Waals surface area (Å²) in [6.45, 7) is 1.68. The molecule has 0 spiro atoms. The maximum atomic E-state index is 12.7. The average molecular weight is 357 g/mol. The second-order valence-corrected chi connectivity index (χ2v) is 6.39. The summed E-state index contributed by atoms with van der Waals surface area (Å²) in [6, 6.07) is 14.1. The Morgan fingerprint density at radius 3 is 2.60 bits per heavy atom. The summed E-state index contributed by atoms with van der Waals surface area (Å²) in [6.07, 6.45) is 1.70. The molecule has 0 aromatic heterocycles. The predicted molar refractivity (Wildman–Crippen MR) is 96.1 cm³/mol. The van der Waals surface area contributed by atoms with Crippen LogP contribution in [0.3, 0.4) is 0 Å². The SMILES string of the molecule is C[C@](NC(=O)C1=Cc2cc(Cl)ccc2OC1)(C(N)=O)c1ccccc1. The van der Waals surface area contributed by atoms with Crippen LogP contribution in [-0.4, -0.2) is 18.4 Å². The van der Waals surface area contributed by atoms with E-state index in [1.807, 2.05) is 6.07 Å². The van der Waals surface area contributed by atoms with Crippen molar-refractivity contribution in [2.45, 2.75) is 12.5 Å². The highest BCUT2D eigenvalue weighted by atomic mass is 35.5. The molecule has 1 aliphatic heterocycles. The van der Waals surface area contributed by atoms with E-state index in [2.05, 4.69) is 5.32 Å². The van der Waals surface area contributed by atoms with Crippen molar-refractivity contribution in [1.29, 1.82) is 0 Å². The molecule has 0 fully saturated rings. The quantitative estimate of drug-likeness (QED) is 0.883. The highest BCUT2D eigenvalue weighted by molar-refractivity contribution is 6.30. The Morgan fingerprint density at radius 2 is 1.92 bits per heavy atom. The second kappa shape index (κ2) is 6.61. The van der Waals surface area contributed by atoms with Gasteiger partial charge in [0.15, 0.2) is 0 Å². The summed E-state index contributed by atoms with van der Waals surface area (Å²) in [7, 11) is 0. The van der Waals surface area contributed by atoms with E-state index >= 15 is 0 Å². The molecular weight excluding hydrogens is 340 g/mol. The van der Waals surface area contributed by atoms with Gasteiger partial charge in [0.1, 0.15) is 17.9 Å². The van der Waals surface area contributed by atoms with Gasteiger partial charge in [0, 0.05) is 10.6 Å². The van der Waals surface area contributed by atoms with Gasteiger partial charge in [0.2, 0.25) is 5.91 Å². The number of carbonyl (C=O) groups excluding carboxylic acids is 2. The molecule has 25 heavy (non-hydrogen) atoms. The first-order valence-electron chi connectivity index (χ1n) is 7.71. The fraction of sp³-hybridized carbons (Fsp3) is 0.158. The van der Waals surface area contributed by atoms with Crippen LogP contribution >= 0.6 is 11.6 Å². The molecule has 2 aromatic carbocycles. The topological polar surface area (TPSA) is 81.4 Å². The highest BCUT2D eigenvalue weighted by Gasteiger charge is 2.36. The first-order chi connectivity index (χ1) is 11.9. The van der Waals surface area contributed by atoms with Gasteiger partial charge in [-0.2, -0.15) is 0 Å². The maximum absolute atomic E-state index is 12.7. The minimum absolute atomic E-state index is 0.101. The molecule has 0 saturated heterocycles. The molecule has 2 aromatic rings. The largest absolute Gasteiger partial charge is 0.488 e. The lowest BCUT2D eigenvalue weighted by Gasteiger charge is -2.29. The third-order valence-corrected chi connectivity index (χ3v) is 4.42. The van der Waals surface area contributed by atoms with E-state index in [4.69, 9.17) is 22.1 Å². The van der Waals surface area contributed by atoms with Crippen LogP contribution in [0.1, 0.15) is 18.1 Å². The van der Waals surface area contributed by atoms with Gasteiger partial charge in [-0.25, -0.2) is 0 Å². The Morgan fingerprint density at radius 1 is 1.20 bits per heavy atom. The van der Waals surface area contributed by atoms with E-state index in [-0.39, 0.29) is 6.61 Å². The Bertz CT molecular complexity index is 864. The van der Waals surface area contributed by atoms with Crippen molar-refractivity contribution in [3.8, 4) is 5.75 Å². The number of hydrogen-bond acceptors (Lipinski definition) is 3. The van der Waals surface area contributed by atoms with Crippen LogP contribution in [0, 0.1) is 0 Å². The number of nitrogens with one attached hydrogen (secondary N) is 1. The van der Waals surface area contributed by atoms with Crippen molar-refractivity contribution >= 4 is 29.5 Å². The molecule has 6 heteroatoms. The van der Waals surface area contributed by atoms with Crippen molar-refractivity contribution in [3.63, 3.8) is 0 Å². The fourth-order valence-electron chi connectivity index (χ4n) is 2.63. The van der Waals surface area contributed by atoms with Gasteiger partial charge >= 0.3 is 0 Å². The zero-order valence-electron chi connectivity index (χ0n) is 13.6. The van der Waals surface area contributed by atoms with E-state index in [9.17, 15) is 9.59 Å². The Hall–Kier alpha value is -2.79. The molecule has 2 amide bonds.